The number of carbonyl (C=O) groups excluding carboxylic acids is 1. The molecule has 1 unspecified atom stereocenters. The smallest absolute Gasteiger partial charge is 0.240 e. The number of likely N-dealkylation sites (N-methyl/N-ethyl adjacent to an activating group) is 1. The maximum Gasteiger partial charge on any atom is 0.240 e. The Morgan fingerprint density at radius 2 is 2.18 bits per heavy atom. The van der Waals surface area contributed by atoms with Crippen LogP contribution in [0, 0.1) is 11.3 Å². The van der Waals surface area contributed by atoms with E-state index in [0.29, 0.717) is 12.1 Å². The summed E-state index contributed by atoms with van der Waals surface area (Å²) in [6, 6.07) is 9.42. The lowest BCUT2D eigenvalue weighted by atomic mass is 10.1. The van der Waals surface area contributed by atoms with Crippen LogP contribution in [0.4, 0.5) is 0 Å². The zero-order chi connectivity index (χ0) is 12.3. The highest BCUT2D eigenvalue weighted by molar-refractivity contribution is 5.83. The van der Waals surface area contributed by atoms with E-state index in [1.807, 2.05) is 24.1 Å². The summed E-state index contributed by atoms with van der Waals surface area (Å²) in [5.41, 5.74) is 1.71. The molecule has 0 bridgehead atoms. The molecule has 0 radical (unpaired) electrons. The van der Waals surface area contributed by atoms with E-state index in [9.17, 15) is 4.79 Å². The molecule has 1 heterocycles. The van der Waals surface area contributed by atoms with Gasteiger partial charge in [-0.05, 0) is 31.2 Å². The first-order valence-electron chi connectivity index (χ1n) is 5.69. The number of nitrogens with one attached hydrogen (secondary N) is 1. The average molecular weight is 229 g/mol. The molecule has 4 nitrogen and oxygen atoms in total. The molecule has 4 heteroatoms. The summed E-state index contributed by atoms with van der Waals surface area (Å²) in [6.45, 7) is 1.42. The number of hydrogen-bond donors (Lipinski definition) is 1. The van der Waals surface area contributed by atoms with E-state index in [1.54, 1.807) is 12.1 Å². The predicted molar refractivity (Wildman–Crippen MR) is 64.0 cm³/mol. The number of amides is 1. The molecule has 0 aromatic heterocycles. The van der Waals surface area contributed by atoms with Gasteiger partial charge in [0.25, 0.3) is 0 Å². The van der Waals surface area contributed by atoms with Crippen LogP contribution in [0.2, 0.25) is 0 Å². The highest BCUT2D eigenvalue weighted by atomic mass is 16.2. The fraction of sp³-hybridized carbons (Fsp3) is 0.385. The summed E-state index contributed by atoms with van der Waals surface area (Å²) >= 11 is 0. The van der Waals surface area contributed by atoms with Crippen molar-refractivity contribution in [2.75, 3.05) is 13.6 Å². The Bertz CT molecular complexity index is 447. The molecule has 0 saturated carbocycles. The summed E-state index contributed by atoms with van der Waals surface area (Å²) in [6.07, 6.45) is 0.867. The molecule has 1 atom stereocenters. The van der Waals surface area contributed by atoms with Gasteiger partial charge in [-0.2, -0.15) is 5.26 Å². The summed E-state index contributed by atoms with van der Waals surface area (Å²) in [5.74, 6) is 0.164. The fourth-order valence-electron chi connectivity index (χ4n) is 2.07. The van der Waals surface area contributed by atoms with Crippen LogP contribution in [0.1, 0.15) is 17.5 Å². The Labute approximate surface area is 101 Å². The van der Waals surface area contributed by atoms with Gasteiger partial charge in [0.1, 0.15) is 0 Å². The minimum atomic E-state index is -0.0339. The minimum Gasteiger partial charge on any atom is -0.337 e. The fourth-order valence-corrected chi connectivity index (χ4v) is 2.07. The molecule has 1 saturated heterocycles. The molecule has 1 aliphatic heterocycles. The van der Waals surface area contributed by atoms with Gasteiger partial charge in [-0.25, -0.2) is 0 Å². The van der Waals surface area contributed by atoms with E-state index in [4.69, 9.17) is 5.26 Å². The number of likely N-dealkylation sites (tertiary alicyclic amines) is 1. The molecule has 1 aromatic rings. The molecule has 1 fully saturated rings. The van der Waals surface area contributed by atoms with Crippen molar-refractivity contribution >= 4 is 5.91 Å². The predicted octanol–water partition coefficient (Wildman–Crippen LogP) is 0.879. The van der Waals surface area contributed by atoms with Gasteiger partial charge in [-0.15, -0.1) is 0 Å². The normalized spacial score (nSPS) is 19.4. The van der Waals surface area contributed by atoms with Crippen molar-refractivity contribution in [3.63, 3.8) is 0 Å². The molecule has 88 valence electrons. The third kappa shape index (κ3) is 2.45. The second-order valence-electron chi connectivity index (χ2n) is 4.20. The van der Waals surface area contributed by atoms with Crippen LogP contribution in [-0.2, 0) is 11.3 Å². The molecule has 0 aliphatic carbocycles. The largest absolute Gasteiger partial charge is 0.337 e. The maximum absolute atomic E-state index is 11.9. The van der Waals surface area contributed by atoms with Crippen LogP contribution in [-0.4, -0.2) is 30.4 Å². The van der Waals surface area contributed by atoms with Gasteiger partial charge < -0.3 is 10.2 Å². The molecule has 1 N–H and O–H groups in total. The summed E-state index contributed by atoms with van der Waals surface area (Å²) in [7, 11) is 1.81. The topological polar surface area (TPSA) is 56.1 Å². The Kier molecular flexibility index (Phi) is 3.40. The summed E-state index contributed by atoms with van der Waals surface area (Å²) < 4.78 is 0. The lowest BCUT2D eigenvalue weighted by Gasteiger charge is -2.16. The molecule has 1 amide bonds. The first kappa shape index (κ1) is 11.6. The van der Waals surface area contributed by atoms with Crippen LogP contribution in [0.3, 0.4) is 0 Å². The number of carbonyl (C=O) groups is 1. The number of benzene rings is 1. The summed E-state index contributed by atoms with van der Waals surface area (Å²) in [4.78, 5) is 13.7. The van der Waals surface area contributed by atoms with Gasteiger partial charge in [0.2, 0.25) is 5.91 Å². The first-order valence-corrected chi connectivity index (χ1v) is 5.69. The molecule has 1 aliphatic rings. The van der Waals surface area contributed by atoms with Gasteiger partial charge in [0, 0.05) is 13.1 Å². The van der Waals surface area contributed by atoms with Gasteiger partial charge in [-0.3, -0.25) is 4.79 Å². The van der Waals surface area contributed by atoms with Gasteiger partial charge in [0.15, 0.2) is 0 Å². The molecule has 1 aromatic carbocycles. The zero-order valence-corrected chi connectivity index (χ0v) is 9.81. The van der Waals surface area contributed by atoms with Crippen LogP contribution in [0.5, 0.6) is 0 Å². The Hall–Kier alpha value is -1.86. The SMILES string of the molecule is CNC1CCN(Cc2ccc(C#N)cc2)C1=O. The van der Waals surface area contributed by atoms with E-state index >= 15 is 0 Å². The van der Waals surface area contributed by atoms with Crippen LogP contribution >= 0.6 is 0 Å². The Morgan fingerprint density at radius 1 is 1.47 bits per heavy atom. The van der Waals surface area contributed by atoms with Crippen molar-refractivity contribution in [3.05, 3.63) is 35.4 Å². The number of nitrogens with zero attached hydrogens (tertiary/aromatic N) is 2. The average Bonchev–Trinajstić information content (AvgIpc) is 2.71. The van der Waals surface area contributed by atoms with Gasteiger partial charge in [0.05, 0.1) is 17.7 Å². The van der Waals surface area contributed by atoms with Gasteiger partial charge in [-0.1, -0.05) is 12.1 Å². The van der Waals surface area contributed by atoms with E-state index in [2.05, 4.69) is 11.4 Å². The van der Waals surface area contributed by atoms with E-state index in [1.165, 1.54) is 0 Å². The first-order chi connectivity index (χ1) is 8.24. The van der Waals surface area contributed by atoms with Crippen molar-refractivity contribution in [1.29, 1.82) is 5.26 Å². The monoisotopic (exact) mass is 229 g/mol. The van der Waals surface area contributed by atoms with Crippen molar-refractivity contribution in [2.45, 2.75) is 19.0 Å². The lowest BCUT2D eigenvalue weighted by molar-refractivity contribution is -0.129. The third-order valence-corrected chi connectivity index (χ3v) is 3.10. The van der Waals surface area contributed by atoms with E-state index in [0.717, 1.165) is 18.5 Å². The highest BCUT2D eigenvalue weighted by Crippen LogP contribution is 2.15. The van der Waals surface area contributed by atoms with Crippen LogP contribution in [0.15, 0.2) is 24.3 Å². The van der Waals surface area contributed by atoms with Crippen molar-refractivity contribution in [3.8, 4) is 6.07 Å². The lowest BCUT2D eigenvalue weighted by Crippen LogP contribution is -2.35. The van der Waals surface area contributed by atoms with Crippen molar-refractivity contribution < 1.29 is 4.79 Å². The highest BCUT2D eigenvalue weighted by Gasteiger charge is 2.29. The standard InChI is InChI=1S/C13H15N3O/c1-15-12-6-7-16(13(12)17)9-11-4-2-10(8-14)3-5-11/h2-5,12,15H,6-7,9H2,1H3. The molecule has 2 rings (SSSR count). The number of rotatable bonds is 3. The minimum absolute atomic E-state index is 0.0339. The molecular weight excluding hydrogens is 214 g/mol. The molecule has 0 spiro atoms. The van der Waals surface area contributed by atoms with Crippen molar-refractivity contribution in [2.24, 2.45) is 0 Å². The Balaban J connectivity index is 2.02. The quantitative estimate of drug-likeness (QED) is 0.837. The van der Waals surface area contributed by atoms with Crippen molar-refractivity contribution in [1.82, 2.24) is 10.2 Å². The number of hydrogen-bond acceptors (Lipinski definition) is 3. The Morgan fingerprint density at radius 3 is 2.71 bits per heavy atom. The third-order valence-electron chi connectivity index (χ3n) is 3.10. The van der Waals surface area contributed by atoms with Crippen LogP contribution in [0.25, 0.3) is 0 Å². The second kappa shape index (κ2) is 4.98. The molecular formula is C13H15N3O. The molecule has 17 heavy (non-hydrogen) atoms. The summed E-state index contributed by atoms with van der Waals surface area (Å²) in [5, 5.41) is 11.7. The second-order valence-corrected chi connectivity index (χ2v) is 4.20. The maximum atomic E-state index is 11.9. The zero-order valence-electron chi connectivity index (χ0n) is 9.81. The number of nitriles is 1. The van der Waals surface area contributed by atoms with Gasteiger partial charge >= 0.3 is 0 Å². The van der Waals surface area contributed by atoms with E-state index in [-0.39, 0.29) is 11.9 Å². The van der Waals surface area contributed by atoms with E-state index < -0.39 is 0 Å². The van der Waals surface area contributed by atoms with Crippen LogP contribution < -0.4 is 5.32 Å².